The van der Waals surface area contributed by atoms with Crippen molar-refractivity contribution in [2.45, 2.75) is 74.3 Å². The van der Waals surface area contributed by atoms with E-state index in [1.807, 2.05) is 11.8 Å². The monoisotopic (exact) mass is 423 g/mol. The number of thioether (sulfide) groups is 1. The Morgan fingerprint density at radius 1 is 1.10 bits per heavy atom. The van der Waals surface area contributed by atoms with E-state index in [2.05, 4.69) is 34.5 Å². The van der Waals surface area contributed by atoms with Crippen LogP contribution in [-0.4, -0.2) is 32.8 Å². The third-order valence-electron chi connectivity index (χ3n) is 7.97. The number of aromatic nitrogens is 2. The Bertz CT molecular complexity index is 936. The summed E-state index contributed by atoms with van der Waals surface area (Å²) >= 11 is 1.42. The van der Waals surface area contributed by atoms with Crippen molar-refractivity contribution in [3.05, 3.63) is 41.3 Å². The second-order valence-corrected chi connectivity index (χ2v) is 11.4. The maximum Gasteiger partial charge on any atom is 0.277 e. The molecule has 1 atom stereocenters. The van der Waals surface area contributed by atoms with Crippen LogP contribution in [0.15, 0.2) is 33.9 Å². The number of nitrogens with zero attached hydrogens (tertiary/aromatic N) is 3. The first-order valence-corrected chi connectivity index (χ1v) is 12.3. The van der Waals surface area contributed by atoms with Gasteiger partial charge in [-0.05, 0) is 80.8 Å². The minimum atomic E-state index is -0.222. The Kier molecular flexibility index (Phi) is 4.48. The summed E-state index contributed by atoms with van der Waals surface area (Å²) < 4.78 is 6.20. The molecule has 1 amide bonds. The Morgan fingerprint density at radius 3 is 2.47 bits per heavy atom. The first-order chi connectivity index (χ1) is 14.6. The van der Waals surface area contributed by atoms with Gasteiger partial charge in [0.05, 0.1) is 5.25 Å². The van der Waals surface area contributed by atoms with Crippen LogP contribution in [0, 0.1) is 17.8 Å². The second-order valence-electron chi connectivity index (χ2n) is 10.1. The molecule has 1 aromatic carbocycles. The number of carbonyl (C=O) groups excluding carboxylic acids is 1. The predicted octanol–water partition coefficient (Wildman–Crippen LogP) is 4.60. The molecule has 5 nitrogen and oxygen atoms in total. The highest BCUT2D eigenvalue weighted by molar-refractivity contribution is 8.00. The highest BCUT2D eigenvalue weighted by atomic mass is 32.2. The molecule has 0 unspecified atom stereocenters. The van der Waals surface area contributed by atoms with Crippen LogP contribution in [0.2, 0.25) is 0 Å². The number of hydrogen-bond donors (Lipinski definition) is 0. The molecule has 4 bridgehead atoms. The van der Waals surface area contributed by atoms with E-state index in [4.69, 9.17) is 4.42 Å². The summed E-state index contributed by atoms with van der Waals surface area (Å²) in [6.07, 6.45) is 8.78. The van der Waals surface area contributed by atoms with Crippen molar-refractivity contribution in [1.82, 2.24) is 15.1 Å². The summed E-state index contributed by atoms with van der Waals surface area (Å²) in [5.74, 6) is 3.55. The standard InChI is InChI=1S/C24H29N3O2S/c1-15(21(28)27-7-6-19-4-2-3-5-20(19)14-27)30-23-26-25-22(29-23)24-11-16-8-17(12-24)10-18(9-16)13-24/h2-5,15-18H,6-14H2,1H3/t15-,16?,17?,18?,24?/m1/s1. The van der Waals surface area contributed by atoms with Crippen LogP contribution < -0.4 is 0 Å². The fraction of sp³-hybridized carbons (Fsp3) is 0.625. The number of carbonyl (C=O) groups is 1. The lowest BCUT2D eigenvalue weighted by molar-refractivity contribution is -0.131. The smallest absolute Gasteiger partial charge is 0.277 e. The van der Waals surface area contributed by atoms with E-state index in [0.717, 1.165) is 36.6 Å². The van der Waals surface area contributed by atoms with Gasteiger partial charge in [-0.3, -0.25) is 4.79 Å². The average molecular weight is 424 g/mol. The van der Waals surface area contributed by atoms with Gasteiger partial charge in [0.1, 0.15) is 0 Å². The quantitative estimate of drug-likeness (QED) is 0.673. The Morgan fingerprint density at radius 2 is 1.77 bits per heavy atom. The van der Waals surface area contributed by atoms with E-state index >= 15 is 0 Å². The van der Waals surface area contributed by atoms with E-state index in [9.17, 15) is 4.79 Å². The summed E-state index contributed by atoms with van der Waals surface area (Å²) in [6.45, 7) is 3.44. The fourth-order valence-corrected chi connectivity index (χ4v) is 7.75. The van der Waals surface area contributed by atoms with Crippen molar-refractivity contribution in [3.8, 4) is 0 Å². The number of fused-ring (bicyclic) bond motifs is 1. The lowest BCUT2D eigenvalue weighted by atomic mass is 9.49. The van der Waals surface area contributed by atoms with Crippen molar-refractivity contribution in [1.29, 1.82) is 0 Å². The third kappa shape index (κ3) is 3.19. The molecular formula is C24H29N3O2S. The third-order valence-corrected chi connectivity index (χ3v) is 8.89. The van der Waals surface area contributed by atoms with Crippen LogP contribution in [0.3, 0.4) is 0 Å². The minimum absolute atomic E-state index is 0.115. The van der Waals surface area contributed by atoms with Crippen LogP contribution in [0.4, 0.5) is 0 Å². The fourth-order valence-electron chi connectivity index (χ4n) is 6.99. The van der Waals surface area contributed by atoms with Gasteiger partial charge >= 0.3 is 0 Å². The van der Waals surface area contributed by atoms with Crippen molar-refractivity contribution in [3.63, 3.8) is 0 Å². The molecule has 4 fully saturated rings. The molecule has 4 saturated carbocycles. The van der Waals surface area contributed by atoms with Crippen LogP contribution in [0.5, 0.6) is 0 Å². The first kappa shape index (κ1) is 18.9. The van der Waals surface area contributed by atoms with Crippen LogP contribution in [-0.2, 0) is 23.2 Å². The maximum atomic E-state index is 13.1. The topological polar surface area (TPSA) is 59.2 Å². The summed E-state index contributed by atoms with van der Waals surface area (Å²) in [5.41, 5.74) is 2.74. The molecule has 2 aromatic rings. The van der Waals surface area contributed by atoms with E-state index in [0.29, 0.717) is 11.8 Å². The predicted molar refractivity (Wildman–Crippen MR) is 115 cm³/mol. The molecule has 7 rings (SSSR count). The molecule has 2 heterocycles. The molecule has 1 aromatic heterocycles. The molecule has 5 aliphatic rings. The minimum Gasteiger partial charge on any atom is -0.415 e. The van der Waals surface area contributed by atoms with Gasteiger partial charge in [0.25, 0.3) is 5.22 Å². The van der Waals surface area contributed by atoms with Crippen molar-refractivity contribution in [2.75, 3.05) is 6.54 Å². The van der Waals surface area contributed by atoms with Gasteiger partial charge in [0, 0.05) is 18.5 Å². The lowest BCUT2D eigenvalue weighted by Crippen LogP contribution is -2.48. The zero-order chi connectivity index (χ0) is 20.3. The molecule has 158 valence electrons. The number of benzene rings is 1. The molecule has 0 spiro atoms. The number of rotatable bonds is 4. The number of hydrogen-bond acceptors (Lipinski definition) is 5. The molecule has 0 N–H and O–H groups in total. The molecule has 0 saturated heterocycles. The van der Waals surface area contributed by atoms with Crippen molar-refractivity contribution >= 4 is 17.7 Å². The Labute approximate surface area is 182 Å². The van der Waals surface area contributed by atoms with Gasteiger partial charge in [0.15, 0.2) is 0 Å². The van der Waals surface area contributed by atoms with Crippen LogP contribution in [0.25, 0.3) is 0 Å². The molecular weight excluding hydrogens is 394 g/mol. The molecule has 30 heavy (non-hydrogen) atoms. The highest BCUT2D eigenvalue weighted by Crippen LogP contribution is 2.60. The van der Waals surface area contributed by atoms with Gasteiger partial charge in [-0.1, -0.05) is 36.0 Å². The van der Waals surface area contributed by atoms with Gasteiger partial charge in [-0.15, -0.1) is 10.2 Å². The SMILES string of the molecule is C[C@@H](Sc1nnc(C23CC4CC(CC(C4)C2)C3)o1)C(=O)N1CCc2ccccc2C1. The van der Waals surface area contributed by atoms with Crippen molar-refractivity contribution < 1.29 is 9.21 Å². The summed E-state index contributed by atoms with van der Waals surface area (Å²) in [4.78, 5) is 15.0. The Balaban J connectivity index is 1.14. The van der Waals surface area contributed by atoms with Crippen LogP contribution >= 0.6 is 11.8 Å². The Hall–Kier alpha value is -1.82. The van der Waals surface area contributed by atoms with E-state index in [1.54, 1.807) is 0 Å². The molecule has 4 aliphatic carbocycles. The normalized spacial score (nSPS) is 32.8. The highest BCUT2D eigenvalue weighted by Gasteiger charge is 2.54. The van der Waals surface area contributed by atoms with E-state index < -0.39 is 0 Å². The largest absolute Gasteiger partial charge is 0.415 e. The van der Waals surface area contributed by atoms with Gasteiger partial charge in [0.2, 0.25) is 11.8 Å². The zero-order valence-electron chi connectivity index (χ0n) is 17.5. The molecule has 1 aliphatic heterocycles. The van der Waals surface area contributed by atoms with Crippen molar-refractivity contribution in [2.24, 2.45) is 17.8 Å². The van der Waals surface area contributed by atoms with E-state index in [-0.39, 0.29) is 16.6 Å². The maximum absolute atomic E-state index is 13.1. The van der Waals surface area contributed by atoms with Gasteiger partial charge in [-0.25, -0.2) is 0 Å². The lowest BCUT2D eigenvalue weighted by Gasteiger charge is -2.55. The number of amides is 1. The van der Waals surface area contributed by atoms with Gasteiger partial charge < -0.3 is 9.32 Å². The molecule has 6 heteroatoms. The summed E-state index contributed by atoms with van der Waals surface area (Å²) in [5, 5.41) is 9.18. The molecule has 0 radical (unpaired) electrons. The average Bonchev–Trinajstić information content (AvgIpc) is 3.21. The summed E-state index contributed by atoms with van der Waals surface area (Å²) in [6, 6.07) is 8.42. The first-order valence-electron chi connectivity index (χ1n) is 11.4. The summed E-state index contributed by atoms with van der Waals surface area (Å²) in [7, 11) is 0. The van der Waals surface area contributed by atoms with E-state index in [1.165, 1.54) is 61.4 Å². The van der Waals surface area contributed by atoms with Crippen LogP contribution in [0.1, 0.15) is 62.5 Å². The zero-order valence-corrected chi connectivity index (χ0v) is 18.4. The van der Waals surface area contributed by atoms with Gasteiger partial charge in [-0.2, -0.15) is 0 Å². The second kappa shape index (κ2) is 7.11.